The summed E-state index contributed by atoms with van der Waals surface area (Å²) in [5, 5.41) is 4.18. The van der Waals surface area contributed by atoms with Crippen LogP contribution in [0.3, 0.4) is 0 Å². The average molecular weight is 340 g/mol. The van der Waals surface area contributed by atoms with E-state index in [2.05, 4.69) is 15.2 Å². The molecule has 1 atom stereocenters. The molecule has 0 spiro atoms. The SMILES string of the molecule is CN=C(NCc1ccccc1Cl)N1CCC(COCCOC)C1. The number of aliphatic imine (C=N–C) groups is 1. The summed E-state index contributed by atoms with van der Waals surface area (Å²) in [5.41, 5.74) is 1.08. The van der Waals surface area contributed by atoms with Crippen molar-refractivity contribution in [2.75, 3.05) is 47.1 Å². The minimum atomic E-state index is 0.547. The van der Waals surface area contributed by atoms with E-state index in [-0.39, 0.29) is 0 Å². The summed E-state index contributed by atoms with van der Waals surface area (Å²) in [6.07, 6.45) is 1.12. The Morgan fingerprint density at radius 1 is 1.39 bits per heavy atom. The molecule has 0 bridgehead atoms. The van der Waals surface area contributed by atoms with Crippen molar-refractivity contribution in [2.24, 2.45) is 10.9 Å². The van der Waals surface area contributed by atoms with Gasteiger partial charge in [-0.15, -0.1) is 0 Å². The molecule has 1 aromatic rings. The van der Waals surface area contributed by atoms with Crippen LogP contribution in [-0.2, 0) is 16.0 Å². The number of hydrogen-bond acceptors (Lipinski definition) is 3. The first-order valence-corrected chi connectivity index (χ1v) is 8.38. The van der Waals surface area contributed by atoms with Crippen molar-refractivity contribution in [3.8, 4) is 0 Å². The molecule has 2 rings (SSSR count). The van der Waals surface area contributed by atoms with Crippen molar-refractivity contribution in [1.29, 1.82) is 0 Å². The summed E-state index contributed by atoms with van der Waals surface area (Å²) in [5.74, 6) is 1.47. The van der Waals surface area contributed by atoms with Crippen molar-refractivity contribution in [1.82, 2.24) is 10.2 Å². The topological polar surface area (TPSA) is 46.1 Å². The molecule has 1 aromatic carbocycles. The number of rotatable bonds is 7. The van der Waals surface area contributed by atoms with Crippen LogP contribution in [0, 0.1) is 5.92 Å². The van der Waals surface area contributed by atoms with E-state index in [0.29, 0.717) is 25.7 Å². The van der Waals surface area contributed by atoms with Crippen molar-refractivity contribution in [3.63, 3.8) is 0 Å². The number of likely N-dealkylation sites (tertiary alicyclic amines) is 1. The van der Waals surface area contributed by atoms with Gasteiger partial charge >= 0.3 is 0 Å². The largest absolute Gasteiger partial charge is 0.382 e. The smallest absolute Gasteiger partial charge is 0.193 e. The van der Waals surface area contributed by atoms with Gasteiger partial charge in [0, 0.05) is 44.7 Å². The molecule has 1 fully saturated rings. The van der Waals surface area contributed by atoms with Crippen LogP contribution >= 0.6 is 11.6 Å². The van der Waals surface area contributed by atoms with E-state index in [9.17, 15) is 0 Å². The normalized spacial score (nSPS) is 18.5. The first-order chi connectivity index (χ1) is 11.2. The second-order valence-electron chi connectivity index (χ2n) is 5.66. The highest BCUT2D eigenvalue weighted by Crippen LogP contribution is 2.18. The summed E-state index contributed by atoms with van der Waals surface area (Å²) in [6.45, 7) is 4.73. The zero-order chi connectivity index (χ0) is 16.5. The third-order valence-electron chi connectivity index (χ3n) is 3.98. The Hall–Kier alpha value is -1.30. The van der Waals surface area contributed by atoms with E-state index in [1.807, 2.05) is 31.3 Å². The van der Waals surface area contributed by atoms with Crippen molar-refractivity contribution < 1.29 is 9.47 Å². The van der Waals surface area contributed by atoms with Gasteiger partial charge in [0.05, 0.1) is 19.8 Å². The highest BCUT2D eigenvalue weighted by molar-refractivity contribution is 6.31. The maximum absolute atomic E-state index is 6.20. The van der Waals surface area contributed by atoms with Crippen LogP contribution in [0.25, 0.3) is 0 Å². The van der Waals surface area contributed by atoms with Crippen molar-refractivity contribution in [2.45, 2.75) is 13.0 Å². The molecule has 1 aliphatic rings. The lowest BCUT2D eigenvalue weighted by atomic mass is 10.1. The zero-order valence-electron chi connectivity index (χ0n) is 13.9. The first-order valence-electron chi connectivity index (χ1n) is 8.00. The van der Waals surface area contributed by atoms with Gasteiger partial charge in [-0.3, -0.25) is 4.99 Å². The third-order valence-corrected chi connectivity index (χ3v) is 4.35. The van der Waals surface area contributed by atoms with E-state index < -0.39 is 0 Å². The van der Waals surface area contributed by atoms with E-state index in [1.165, 1.54) is 0 Å². The number of ether oxygens (including phenoxy) is 2. The van der Waals surface area contributed by atoms with Crippen LogP contribution in [0.15, 0.2) is 29.3 Å². The molecule has 1 N–H and O–H groups in total. The van der Waals surface area contributed by atoms with Crippen LogP contribution in [0.5, 0.6) is 0 Å². The zero-order valence-corrected chi connectivity index (χ0v) is 14.7. The maximum atomic E-state index is 6.20. The van der Waals surface area contributed by atoms with Crippen LogP contribution < -0.4 is 5.32 Å². The molecule has 0 amide bonds. The predicted octanol–water partition coefficient (Wildman–Crippen LogP) is 2.40. The van der Waals surface area contributed by atoms with Gasteiger partial charge in [-0.2, -0.15) is 0 Å². The highest BCUT2D eigenvalue weighted by Gasteiger charge is 2.24. The molecule has 128 valence electrons. The number of guanidine groups is 1. The number of nitrogens with one attached hydrogen (secondary N) is 1. The molecule has 1 saturated heterocycles. The lowest BCUT2D eigenvalue weighted by molar-refractivity contribution is 0.0536. The Kier molecular flexibility index (Phi) is 7.65. The number of methoxy groups -OCH3 is 1. The molecular weight excluding hydrogens is 314 g/mol. The average Bonchev–Trinajstić information content (AvgIpc) is 3.02. The van der Waals surface area contributed by atoms with E-state index in [0.717, 1.165) is 42.7 Å². The van der Waals surface area contributed by atoms with Crippen LogP contribution in [0.1, 0.15) is 12.0 Å². The summed E-state index contributed by atoms with van der Waals surface area (Å²) in [6, 6.07) is 7.87. The molecule has 6 heteroatoms. The predicted molar refractivity (Wildman–Crippen MR) is 94.0 cm³/mol. The minimum Gasteiger partial charge on any atom is -0.382 e. The second kappa shape index (κ2) is 9.75. The summed E-state index contributed by atoms with van der Waals surface area (Å²) < 4.78 is 10.6. The molecule has 0 aliphatic carbocycles. The van der Waals surface area contributed by atoms with Crippen LogP contribution in [0.2, 0.25) is 5.02 Å². The summed E-state index contributed by atoms with van der Waals surface area (Å²) in [7, 11) is 3.51. The van der Waals surface area contributed by atoms with E-state index in [1.54, 1.807) is 7.11 Å². The van der Waals surface area contributed by atoms with Gasteiger partial charge in [-0.05, 0) is 18.1 Å². The second-order valence-corrected chi connectivity index (χ2v) is 6.07. The molecular formula is C17H26ClN3O2. The molecule has 23 heavy (non-hydrogen) atoms. The Bertz CT molecular complexity index is 510. The van der Waals surface area contributed by atoms with Gasteiger partial charge in [-0.25, -0.2) is 0 Å². The monoisotopic (exact) mass is 339 g/mol. The quantitative estimate of drug-likeness (QED) is 0.471. The first kappa shape index (κ1) is 18.0. The Labute approximate surface area is 143 Å². The number of nitrogens with zero attached hydrogens (tertiary/aromatic N) is 2. The molecule has 0 radical (unpaired) electrons. The van der Waals surface area contributed by atoms with Gasteiger partial charge in [0.1, 0.15) is 0 Å². The Morgan fingerprint density at radius 3 is 2.96 bits per heavy atom. The highest BCUT2D eigenvalue weighted by atomic mass is 35.5. The lowest BCUT2D eigenvalue weighted by Gasteiger charge is -2.22. The van der Waals surface area contributed by atoms with Crippen molar-refractivity contribution >= 4 is 17.6 Å². The minimum absolute atomic E-state index is 0.547. The van der Waals surface area contributed by atoms with Crippen LogP contribution in [0.4, 0.5) is 0 Å². The fraction of sp³-hybridized carbons (Fsp3) is 0.588. The molecule has 1 heterocycles. The van der Waals surface area contributed by atoms with Crippen molar-refractivity contribution in [3.05, 3.63) is 34.9 Å². The van der Waals surface area contributed by atoms with E-state index >= 15 is 0 Å². The number of benzene rings is 1. The lowest BCUT2D eigenvalue weighted by Crippen LogP contribution is -2.39. The Balaban J connectivity index is 1.77. The summed E-state index contributed by atoms with van der Waals surface area (Å²) >= 11 is 6.20. The molecule has 1 unspecified atom stereocenters. The number of halogens is 1. The number of hydrogen-bond donors (Lipinski definition) is 1. The van der Waals surface area contributed by atoms with Gasteiger partial charge in [0.25, 0.3) is 0 Å². The summed E-state index contributed by atoms with van der Waals surface area (Å²) in [4.78, 5) is 6.67. The van der Waals surface area contributed by atoms with E-state index in [4.69, 9.17) is 21.1 Å². The molecule has 1 aliphatic heterocycles. The molecule has 0 saturated carbocycles. The molecule has 5 nitrogen and oxygen atoms in total. The standard InChI is InChI=1S/C17H26ClN3O2/c1-19-17(20-11-15-5-3-4-6-16(15)18)21-8-7-14(12-21)13-23-10-9-22-2/h3-6,14H,7-13H2,1-2H3,(H,19,20). The fourth-order valence-electron chi connectivity index (χ4n) is 2.70. The third kappa shape index (κ3) is 5.68. The van der Waals surface area contributed by atoms with Crippen LogP contribution in [-0.4, -0.2) is 57.9 Å². The van der Waals surface area contributed by atoms with Gasteiger partial charge in [0.15, 0.2) is 5.96 Å². The maximum Gasteiger partial charge on any atom is 0.193 e. The Morgan fingerprint density at radius 2 is 2.22 bits per heavy atom. The van der Waals surface area contributed by atoms with Gasteiger partial charge in [-0.1, -0.05) is 29.8 Å². The fourth-order valence-corrected chi connectivity index (χ4v) is 2.90. The van der Waals surface area contributed by atoms with Gasteiger partial charge in [0.2, 0.25) is 0 Å². The molecule has 0 aromatic heterocycles. The van der Waals surface area contributed by atoms with Gasteiger partial charge < -0.3 is 19.7 Å².